The van der Waals surface area contributed by atoms with Crippen LogP contribution in [0.5, 0.6) is 0 Å². The molecule has 1 heterocycles. The number of nitrogen functional groups attached to an aromatic ring is 1. The van der Waals surface area contributed by atoms with E-state index in [0.717, 1.165) is 23.9 Å². The van der Waals surface area contributed by atoms with Crippen molar-refractivity contribution >= 4 is 17.6 Å². The summed E-state index contributed by atoms with van der Waals surface area (Å²) >= 11 is 1.76. The van der Waals surface area contributed by atoms with Crippen LogP contribution in [0.1, 0.15) is 12.7 Å². The maximum absolute atomic E-state index is 5.67. The van der Waals surface area contributed by atoms with Crippen LogP contribution in [0.15, 0.2) is 6.20 Å². The Morgan fingerprint density at radius 3 is 3.00 bits per heavy atom. The van der Waals surface area contributed by atoms with E-state index in [1.54, 1.807) is 18.0 Å². The average Bonchev–Trinajstić information content (AvgIpc) is 2.33. The van der Waals surface area contributed by atoms with E-state index in [0.29, 0.717) is 0 Å². The molecule has 11 heavy (non-hydrogen) atoms. The maximum atomic E-state index is 5.67. The Morgan fingerprint density at radius 1 is 1.73 bits per heavy atom. The lowest BCUT2D eigenvalue weighted by atomic mass is 10.6. The summed E-state index contributed by atoms with van der Waals surface area (Å²) in [6, 6.07) is 0. The Balaban J connectivity index is 2.86. The van der Waals surface area contributed by atoms with Crippen molar-refractivity contribution in [3.05, 3.63) is 12.0 Å². The zero-order valence-corrected chi connectivity index (χ0v) is 7.69. The number of hydrogen-bond donors (Lipinski definition) is 1. The molecule has 0 amide bonds. The Labute approximate surface area is 71.0 Å². The van der Waals surface area contributed by atoms with Crippen molar-refractivity contribution in [2.24, 2.45) is 0 Å². The highest BCUT2D eigenvalue weighted by atomic mass is 32.2. The third-order valence-corrected chi connectivity index (χ3v) is 2.11. The minimum Gasteiger partial charge on any atom is -0.384 e. The monoisotopic (exact) mass is 171 g/mol. The first kappa shape index (κ1) is 8.46. The van der Waals surface area contributed by atoms with Gasteiger partial charge in [0.05, 0.1) is 11.9 Å². The molecule has 0 saturated carbocycles. The molecule has 4 heteroatoms. The van der Waals surface area contributed by atoms with Crippen LogP contribution >= 0.6 is 11.8 Å². The van der Waals surface area contributed by atoms with E-state index in [4.69, 9.17) is 5.73 Å². The SMILES string of the molecule is CCn1c(N)cnc1CSC. The predicted molar refractivity (Wildman–Crippen MR) is 49.5 cm³/mol. The quantitative estimate of drug-likeness (QED) is 0.746. The lowest BCUT2D eigenvalue weighted by molar-refractivity contribution is 0.735. The minimum atomic E-state index is 0.761. The van der Waals surface area contributed by atoms with E-state index in [-0.39, 0.29) is 0 Å². The number of nitrogens with zero attached hydrogens (tertiary/aromatic N) is 2. The zero-order chi connectivity index (χ0) is 8.27. The van der Waals surface area contributed by atoms with E-state index in [1.165, 1.54) is 0 Å². The number of hydrogen-bond acceptors (Lipinski definition) is 3. The third kappa shape index (κ3) is 1.68. The molecule has 0 fully saturated rings. The van der Waals surface area contributed by atoms with Gasteiger partial charge in [-0.1, -0.05) is 0 Å². The van der Waals surface area contributed by atoms with Crippen LogP contribution in [0.2, 0.25) is 0 Å². The van der Waals surface area contributed by atoms with Gasteiger partial charge in [-0.15, -0.1) is 0 Å². The van der Waals surface area contributed by atoms with Crippen LogP contribution in [0.3, 0.4) is 0 Å². The first-order chi connectivity index (χ1) is 5.29. The molecule has 1 rings (SSSR count). The lowest BCUT2D eigenvalue weighted by Crippen LogP contribution is -2.03. The first-order valence-electron chi connectivity index (χ1n) is 3.58. The number of thioether (sulfide) groups is 1. The summed E-state index contributed by atoms with van der Waals surface area (Å²) < 4.78 is 2.02. The second kappa shape index (κ2) is 3.67. The van der Waals surface area contributed by atoms with Crippen LogP contribution in [0.4, 0.5) is 5.82 Å². The number of imidazole rings is 1. The van der Waals surface area contributed by atoms with Crippen molar-refractivity contribution < 1.29 is 0 Å². The largest absolute Gasteiger partial charge is 0.384 e. The van der Waals surface area contributed by atoms with Crippen LogP contribution in [-0.2, 0) is 12.3 Å². The molecule has 0 unspecified atom stereocenters. The van der Waals surface area contributed by atoms with Gasteiger partial charge in [0.25, 0.3) is 0 Å². The molecule has 0 bridgehead atoms. The molecule has 0 saturated heterocycles. The number of nitrogens with two attached hydrogens (primary N) is 1. The molecule has 0 aromatic carbocycles. The van der Waals surface area contributed by atoms with Crippen molar-refractivity contribution in [3.63, 3.8) is 0 Å². The molecule has 0 spiro atoms. The highest BCUT2D eigenvalue weighted by Gasteiger charge is 2.03. The van der Waals surface area contributed by atoms with Crippen LogP contribution in [-0.4, -0.2) is 15.8 Å². The van der Waals surface area contributed by atoms with E-state index in [1.807, 2.05) is 4.57 Å². The maximum Gasteiger partial charge on any atom is 0.123 e. The second-order valence-electron chi connectivity index (χ2n) is 2.28. The second-order valence-corrected chi connectivity index (χ2v) is 3.14. The van der Waals surface area contributed by atoms with Gasteiger partial charge in [0.1, 0.15) is 11.6 Å². The third-order valence-electron chi connectivity index (χ3n) is 1.56. The molecule has 0 aliphatic heterocycles. The van der Waals surface area contributed by atoms with E-state index in [2.05, 4.69) is 18.2 Å². The van der Waals surface area contributed by atoms with Crippen LogP contribution in [0.25, 0.3) is 0 Å². The van der Waals surface area contributed by atoms with Gasteiger partial charge in [-0.2, -0.15) is 11.8 Å². The molecular formula is C7H13N3S. The lowest BCUT2D eigenvalue weighted by Gasteiger charge is -2.04. The Kier molecular flexibility index (Phi) is 2.82. The Bertz CT molecular complexity index is 232. The van der Waals surface area contributed by atoms with Crippen molar-refractivity contribution in [2.75, 3.05) is 12.0 Å². The van der Waals surface area contributed by atoms with Gasteiger partial charge in [0.15, 0.2) is 0 Å². The molecule has 3 nitrogen and oxygen atoms in total. The molecule has 0 aliphatic carbocycles. The topological polar surface area (TPSA) is 43.8 Å². The number of rotatable bonds is 3. The summed E-state index contributed by atoms with van der Waals surface area (Å²) in [4.78, 5) is 4.19. The van der Waals surface area contributed by atoms with Gasteiger partial charge in [-0.3, -0.25) is 0 Å². The molecule has 1 aromatic heterocycles. The van der Waals surface area contributed by atoms with Gasteiger partial charge in [-0.05, 0) is 13.2 Å². The number of aromatic nitrogens is 2. The summed E-state index contributed by atoms with van der Waals surface area (Å²) in [5.41, 5.74) is 5.67. The first-order valence-corrected chi connectivity index (χ1v) is 4.97. The normalized spacial score (nSPS) is 10.4. The summed E-state index contributed by atoms with van der Waals surface area (Å²) in [7, 11) is 0. The summed E-state index contributed by atoms with van der Waals surface area (Å²) in [5, 5.41) is 0. The van der Waals surface area contributed by atoms with Crippen molar-refractivity contribution in [1.82, 2.24) is 9.55 Å². The standard InChI is InChI=1S/C7H13N3S/c1-3-10-6(8)4-9-7(10)5-11-2/h4H,3,5,8H2,1-2H3. The van der Waals surface area contributed by atoms with Gasteiger partial charge in [0, 0.05) is 6.54 Å². The molecule has 0 atom stereocenters. The molecule has 2 N–H and O–H groups in total. The van der Waals surface area contributed by atoms with E-state index < -0.39 is 0 Å². The zero-order valence-electron chi connectivity index (χ0n) is 6.87. The fraction of sp³-hybridized carbons (Fsp3) is 0.571. The van der Waals surface area contributed by atoms with E-state index in [9.17, 15) is 0 Å². The Hall–Kier alpha value is -0.640. The highest BCUT2D eigenvalue weighted by Crippen LogP contribution is 2.11. The van der Waals surface area contributed by atoms with Crippen LogP contribution in [0, 0.1) is 0 Å². The fourth-order valence-corrected chi connectivity index (χ4v) is 1.53. The van der Waals surface area contributed by atoms with E-state index >= 15 is 0 Å². The summed E-state index contributed by atoms with van der Waals surface area (Å²) in [6.07, 6.45) is 3.78. The summed E-state index contributed by atoms with van der Waals surface area (Å²) in [5.74, 6) is 2.76. The molecule has 1 aromatic rings. The van der Waals surface area contributed by atoms with Gasteiger partial charge >= 0.3 is 0 Å². The number of anilines is 1. The van der Waals surface area contributed by atoms with Gasteiger partial charge in [-0.25, -0.2) is 4.98 Å². The fourth-order valence-electron chi connectivity index (χ4n) is 1.04. The van der Waals surface area contributed by atoms with Crippen LogP contribution < -0.4 is 5.73 Å². The van der Waals surface area contributed by atoms with Crippen molar-refractivity contribution in [2.45, 2.75) is 19.2 Å². The molecule has 62 valence electrons. The smallest absolute Gasteiger partial charge is 0.123 e. The van der Waals surface area contributed by atoms with Crippen molar-refractivity contribution in [3.8, 4) is 0 Å². The minimum absolute atomic E-state index is 0.761. The Morgan fingerprint density at radius 2 is 2.45 bits per heavy atom. The highest BCUT2D eigenvalue weighted by molar-refractivity contribution is 7.97. The van der Waals surface area contributed by atoms with Gasteiger partial charge in [0.2, 0.25) is 0 Å². The molecular weight excluding hydrogens is 158 g/mol. The predicted octanol–water partition coefficient (Wildman–Crippen LogP) is 1.35. The average molecular weight is 171 g/mol. The summed E-state index contributed by atoms with van der Waals surface area (Å²) in [6.45, 7) is 2.98. The van der Waals surface area contributed by atoms with Gasteiger partial charge < -0.3 is 10.3 Å². The van der Waals surface area contributed by atoms with Crippen molar-refractivity contribution in [1.29, 1.82) is 0 Å². The molecule has 0 aliphatic rings. The molecule has 0 radical (unpaired) electrons.